The highest BCUT2D eigenvalue weighted by Gasteiger charge is 2.39. The Morgan fingerprint density at radius 1 is 1.29 bits per heavy atom. The van der Waals surface area contributed by atoms with E-state index in [1.165, 1.54) is 5.56 Å². The van der Waals surface area contributed by atoms with Crippen molar-refractivity contribution in [2.24, 2.45) is 7.05 Å². The fraction of sp³-hybridized carbons (Fsp3) is 0.444. The summed E-state index contributed by atoms with van der Waals surface area (Å²) in [5, 5.41) is 4.31. The fourth-order valence-corrected chi connectivity index (χ4v) is 3.60. The van der Waals surface area contributed by atoms with Crippen LogP contribution in [0.15, 0.2) is 42.9 Å². The van der Waals surface area contributed by atoms with Gasteiger partial charge < -0.3 is 19.7 Å². The predicted molar refractivity (Wildman–Crippen MR) is 101 cm³/mol. The van der Waals surface area contributed by atoms with Crippen LogP contribution in [0.25, 0.3) is 0 Å². The van der Waals surface area contributed by atoms with Gasteiger partial charge in [-0.05, 0) is 63.0 Å². The molecule has 1 aliphatic rings. The van der Waals surface area contributed by atoms with Gasteiger partial charge in [0.05, 0.1) is 17.8 Å². The zero-order valence-electron chi connectivity index (χ0n) is 14.5. The van der Waals surface area contributed by atoms with E-state index in [1.54, 1.807) is 0 Å². The number of nitrogens with one attached hydrogen (secondary N) is 1. The molecule has 0 aliphatic carbocycles. The van der Waals surface area contributed by atoms with Crippen LogP contribution in [0.1, 0.15) is 29.8 Å². The molecule has 0 amide bonds. The van der Waals surface area contributed by atoms with Crippen molar-refractivity contribution in [3.63, 3.8) is 0 Å². The van der Waals surface area contributed by atoms with Gasteiger partial charge in [0.25, 0.3) is 0 Å². The van der Waals surface area contributed by atoms with Crippen LogP contribution in [0.4, 0.5) is 0 Å². The van der Waals surface area contributed by atoms with Crippen molar-refractivity contribution >= 4 is 17.3 Å². The molecule has 2 atom stereocenters. The van der Waals surface area contributed by atoms with E-state index in [0.29, 0.717) is 0 Å². The second-order valence-electron chi connectivity index (χ2n) is 6.59. The molecule has 0 unspecified atom stereocenters. The third-order valence-corrected chi connectivity index (χ3v) is 4.75. The second kappa shape index (κ2) is 7.32. The summed E-state index contributed by atoms with van der Waals surface area (Å²) in [6.45, 7) is 1.99. The molecule has 1 aliphatic heterocycles. The van der Waals surface area contributed by atoms with Gasteiger partial charge >= 0.3 is 0 Å². The summed E-state index contributed by atoms with van der Waals surface area (Å²) in [5.41, 5.74) is 2.30. The predicted octanol–water partition coefficient (Wildman–Crippen LogP) is 2.34. The summed E-state index contributed by atoms with van der Waals surface area (Å²) in [7, 11) is 6.26. The van der Waals surface area contributed by atoms with E-state index in [2.05, 4.69) is 70.3 Å². The van der Waals surface area contributed by atoms with Crippen LogP contribution in [0.5, 0.6) is 0 Å². The van der Waals surface area contributed by atoms with E-state index in [9.17, 15) is 0 Å². The molecule has 6 heteroatoms. The number of hydrogen-bond acceptors (Lipinski definition) is 3. The molecule has 0 bridgehead atoms. The normalized spacial score (nSPS) is 20.7. The van der Waals surface area contributed by atoms with E-state index in [0.717, 1.165) is 30.3 Å². The number of nitrogens with zero attached hydrogens (tertiary/aromatic N) is 4. The van der Waals surface area contributed by atoms with E-state index < -0.39 is 0 Å². The minimum Gasteiger partial charge on any atom is -0.357 e. The molecule has 1 N–H and O–H groups in total. The summed E-state index contributed by atoms with van der Waals surface area (Å²) < 4.78 is 2.09. The Labute approximate surface area is 149 Å². The van der Waals surface area contributed by atoms with Crippen LogP contribution in [0.2, 0.25) is 0 Å². The van der Waals surface area contributed by atoms with Crippen molar-refractivity contribution in [3.05, 3.63) is 54.1 Å². The van der Waals surface area contributed by atoms with Gasteiger partial charge in [0, 0.05) is 32.2 Å². The SMILES string of the molecule is CN(C)CCCN1C(=S)N[C@@H](c2ccccn2)[C@H]1c1ccn(C)c1. The second-order valence-corrected chi connectivity index (χ2v) is 6.97. The van der Waals surface area contributed by atoms with Gasteiger partial charge in [-0.3, -0.25) is 4.98 Å². The molecule has 1 fully saturated rings. The number of rotatable bonds is 6. The molecule has 0 spiro atoms. The molecular weight excluding hydrogens is 318 g/mol. The van der Waals surface area contributed by atoms with Crippen LogP contribution in [-0.2, 0) is 7.05 Å². The van der Waals surface area contributed by atoms with Gasteiger partial charge in [0.1, 0.15) is 0 Å². The number of aromatic nitrogens is 2. The Bertz CT molecular complexity index is 682. The molecule has 3 rings (SSSR count). The molecular formula is C18H25N5S. The van der Waals surface area contributed by atoms with Crippen molar-refractivity contribution in [3.8, 4) is 0 Å². The molecule has 2 aromatic heterocycles. The summed E-state index contributed by atoms with van der Waals surface area (Å²) in [6, 6.07) is 8.48. The highest BCUT2D eigenvalue weighted by atomic mass is 32.1. The number of aryl methyl sites for hydroxylation is 1. The summed E-state index contributed by atoms with van der Waals surface area (Å²) >= 11 is 5.65. The first kappa shape index (κ1) is 16.9. The minimum atomic E-state index is 0.0838. The Morgan fingerprint density at radius 3 is 2.75 bits per heavy atom. The lowest BCUT2D eigenvalue weighted by molar-refractivity contribution is 0.293. The van der Waals surface area contributed by atoms with Gasteiger partial charge in [0.2, 0.25) is 0 Å². The number of hydrogen-bond donors (Lipinski definition) is 1. The summed E-state index contributed by atoms with van der Waals surface area (Å²) in [5.74, 6) is 0. The Kier molecular flexibility index (Phi) is 5.16. The Morgan fingerprint density at radius 2 is 2.12 bits per heavy atom. The first-order valence-electron chi connectivity index (χ1n) is 8.31. The van der Waals surface area contributed by atoms with Crippen LogP contribution in [0.3, 0.4) is 0 Å². The molecule has 0 saturated carbocycles. The Hall–Kier alpha value is -1.92. The Balaban J connectivity index is 1.88. The zero-order chi connectivity index (χ0) is 17.1. The molecule has 0 radical (unpaired) electrons. The van der Waals surface area contributed by atoms with E-state index in [1.807, 2.05) is 18.3 Å². The van der Waals surface area contributed by atoms with Gasteiger partial charge in [-0.2, -0.15) is 0 Å². The van der Waals surface area contributed by atoms with Crippen molar-refractivity contribution in [2.75, 3.05) is 27.2 Å². The van der Waals surface area contributed by atoms with Gasteiger partial charge in [-0.25, -0.2) is 0 Å². The summed E-state index contributed by atoms with van der Waals surface area (Å²) in [4.78, 5) is 9.08. The highest BCUT2D eigenvalue weighted by molar-refractivity contribution is 7.80. The van der Waals surface area contributed by atoms with Gasteiger partial charge in [0.15, 0.2) is 5.11 Å². The lowest BCUT2D eigenvalue weighted by Crippen LogP contribution is -2.32. The third kappa shape index (κ3) is 3.60. The van der Waals surface area contributed by atoms with E-state index >= 15 is 0 Å². The standard InChI is InChI=1S/C18H25N5S/c1-21(2)10-6-11-23-17(14-8-12-22(3)13-14)16(20-18(23)24)15-7-4-5-9-19-15/h4-5,7-9,12-13,16-17H,6,10-11H2,1-3H3,(H,20,24)/t16-,17+/m0/s1. The third-order valence-electron chi connectivity index (χ3n) is 4.40. The molecule has 24 heavy (non-hydrogen) atoms. The average Bonchev–Trinajstić information content (AvgIpc) is 3.12. The lowest BCUT2D eigenvalue weighted by atomic mass is 9.99. The van der Waals surface area contributed by atoms with Crippen molar-refractivity contribution in [2.45, 2.75) is 18.5 Å². The van der Waals surface area contributed by atoms with Crippen LogP contribution in [0, 0.1) is 0 Å². The largest absolute Gasteiger partial charge is 0.357 e. The monoisotopic (exact) mass is 343 g/mol. The molecule has 1 saturated heterocycles. The maximum Gasteiger partial charge on any atom is 0.170 e. The van der Waals surface area contributed by atoms with Crippen molar-refractivity contribution in [1.82, 2.24) is 24.7 Å². The molecule has 2 aromatic rings. The van der Waals surface area contributed by atoms with Crippen LogP contribution in [-0.4, -0.2) is 51.6 Å². The highest BCUT2D eigenvalue weighted by Crippen LogP contribution is 2.38. The zero-order valence-corrected chi connectivity index (χ0v) is 15.3. The van der Waals surface area contributed by atoms with E-state index in [4.69, 9.17) is 12.2 Å². The minimum absolute atomic E-state index is 0.0838. The first-order valence-corrected chi connectivity index (χ1v) is 8.72. The average molecular weight is 344 g/mol. The number of thiocarbonyl (C=S) groups is 1. The van der Waals surface area contributed by atoms with Crippen molar-refractivity contribution < 1.29 is 0 Å². The van der Waals surface area contributed by atoms with Crippen molar-refractivity contribution in [1.29, 1.82) is 0 Å². The van der Waals surface area contributed by atoms with Crippen LogP contribution >= 0.6 is 12.2 Å². The first-order chi connectivity index (χ1) is 11.6. The van der Waals surface area contributed by atoms with Crippen LogP contribution < -0.4 is 5.32 Å². The molecule has 0 aromatic carbocycles. The maximum absolute atomic E-state index is 5.65. The maximum atomic E-state index is 5.65. The fourth-order valence-electron chi connectivity index (χ4n) is 3.27. The lowest BCUT2D eigenvalue weighted by Gasteiger charge is -2.27. The van der Waals surface area contributed by atoms with Gasteiger partial charge in [-0.15, -0.1) is 0 Å². The van der Waals surface area contributed by atoms with E-state index in [-0.39, 0.29) is 12.1 Å². The van der Waals surface area contributed by atoms with Gasteiger partial charge in [-0.1, -0.05) is 6.07 Å². The summed E-state index contributed by atoms with van der Waals surface area (Å²) in [6.07, 6.45) is 7.18. The topological polar surface area (TPSA) is 36.3 Å². The molecule has 3 heterocycles. The smallest absolute Gasteiger partial charge is 0.170 e. The quantitative estimate of drug-likeness (QED) is 0.815. The number of pyridine rings is 1. The molecule has 5 nitrogen and oxygen atoms in total. The molecule has 128 valence electrons.